The molecule has 2 aromatic rings. The number of aromatic hydroxyl groups is 1. The van der Waals surface area contributed by atoms with E-state index in [0.29, 0.717) is 29.8 Å². The topological polar surface area (TPSA) is 150 Å². The first-order valence-electron chi connectivity index (χ1n) is 14.1. The lowest BCUT2D eigenvalue weighted by molar-refractivity contribution is -0.150. The van der Waals surface area contributed by atoms with Gasteiger partial charge in [0.25, 0.3) is 0 Å². The van der Waals surface area contributed by atoms with Crippen LogP contribution in [0.15, 0.2) is 48.5 Å². The summed E-state index contributed by atoms with van der Waals surface area (Å²) < 4.78 is 13.3. The molecule has 1 fully saturated rings. The van der Waals surface area contributed by atoms with Crippen molar-refractivity contribution in [3.8, 4) is 5.75 Å². The van der Waals surface area contributed by atoms with Crippen LogP contribution < -0.4 is 11.1 Å². The van der Waals surface area contributed by atoms with E-state index in [4.69, 9.17) is 5.73 Å². The molecule has 10 heteroatoms. The largest absolute Gasteiger partial charge is 0.508 e. The molecule has 0 saturated heterocycles. The number of phenolic OH excluding ortho intramolecular Hbond substituents is 1. The number of amides is 2. The lowest BCUT2D eigenvalue weighted by Gasteiger charge is -2.38. The maximum atomic E-state index is 14.0. The lowest BCUT2D eigenvalue weighted by atomic mass is 9.82. The summed E-state index contributed by atoms with van der Waals surface area (Å²) >= 11 is 0. The third-order valence-corrected chi connectivity index (χ3v) is 8.01. The Bertz CT molecular complexity index is 1180. The number of halogens is 1. The number of aliphatic hydroxyl groups is 1. The van der Waals surface area contributed by atoms with Crippen molar-refractivity contribution in [1.29, 1.82) is 0 Å². The Hall–Kier alpha value is -3.63. The quantitative estimate of drug-likeness (QED) is 0.202. The van der Waals surface area contributed by atoms with Gasteiger partial charge >= 0.3 is 0 Å². The number of likely N-dealkylation sites (N-methyl/N-ethyl adjacent to an activating group) is 1. The minimum absolute atomic E-state index is 0.0204. The van der Waals surface area contributed by atoms with E-state index in [2.05, 4.69) is 5.32 Å². The zero-order valence-corrected chi connectivity index (χ0v) is 23.4. The zero-order valence-electron chi connectivity index (χ0n) is 23.4. The van der Waals surface area contributed by atoms with Crippen LogP contribution in [0.3, 0.4) is 0 Å². The smallest absolute Gasteiger partial charge is 0.237 e. The van der Waals surface area contributed by atoms with Crippen molar-refractivity contribution in [3.63, 3.8) is 0 Å². The van der Waals surface area contributed by atoms with Crippen molar-refractivity contribution < 1.29 is 33.8 Å². The van der Waals surface area contributed by atoms with Crippen LogP contribution in [-0.4, -0.2) is 70.3 Å². The molecule has 0 spiro atoms. The number of phenols is 1. The van der Waals surface area contributed by atoms with Gasteiger partial charge in [-0.2, -0.15) is 0 Å². The van der Waals surface area contributed by atoms with Crippen molar-refractivity contribution in [2.24, 2.45) is 11.7 Å². The van der Waals surface area contributed by atoms with E-state index in [9.17, 15) is 33.8 Å². The predicted octanol–water partition coefficient (Wildman–Crippen LogP) is 2.45. The highest BCUT2D eigenvalue weighted by atomic mass is 19.1. The molecule has 41 heavy (non-hydrogen) atoms. The number of aliphatic hydroxyl groups excluding tert-OH is 1. The first kappa shape index (κ1) is 31.9. The monoisotopic (exact) mass is 569 g/mol. The SMILES string of the molecule is CN(C(=O)CCc1ccc(F)cc1)[C@](C=O)(Cc1ccc(O)cc1)C(=O)[C@H](CO)NC(=O)[C@@H](N)CC1CCCCC1. The van der Waals surface area contributed by atoms with Crippen molar-refractivity contribution in [3.05, 3.63) is 65.5 Å². The molecule has 3 atom stereocenters. The van der Waals surface area contributed by atoms with Gasteiger partial charge < -0.3 is 31.0 Å². The second-order valence-electron chi connectivity index (χ2n) is 10.9. The van der Waals surface area contributed by atoms with Gasteiger partial charge in [0.15, 0.2) is 17.6 Å². The van der Waals surface area contributed by atoms with E-state index in [0.717, 1.165) is 37.0 Å². The number of Topliss-reactive ketones (excluding diaryl/α,β-unsaturated/α-hetero) is 1. The third kappa shape index (κ3) is 8.43. The van der Waals surface area contributed by atoms with Gasteiger partial charge in [-0.3, -0.25) is 14.4 Å². The van der Waals surface area contributed by atoms with Gasteiger partial charge in [0.05, 0.1) is 12.6 Å². The van der Waals surface area contributed by atoms with Crippen molar-refractivity contribution in [2.45, 2.75) is 75.4 Å². The van der Waals surface area contributed by atoms with Crippen LogP contribution in [0.1, 0.15) is 56.1 Å². The van der Waals surface area contributed by atoms with Gasteiger partial charge in [-0.25, -0.2) is 4.39 Å². The molecule has 3 rings (SSSR count). The first-order valence-corrected chi connectivity index (χ1v) is 14.1. The molecule has 1 aliphatic carbocycles. The van der Waals surface area contributed by atoms with Gasteiger partial charge in [0.1, 0.15) is 17.6 Å². The molecule has 1 saturated carbocycles. The van der Waals surface area contributed by atoms with Gasteiger partial charge in [-0.15, -0.1) is 0 Å². The van der Waals surface area contributed by atoms with Gasteiger partial charge in [-0.05, 0) is 54.2 Å². The summed E-state index contributed by atoms with van der Waals surface area (Å²) in [6.45, 7) is -0.802. The summed E-state index contributed by atoms with van der Waals surface area (Å²) in [4.78, 5) is 54.1. The Labute approximate surface area is 239 Å². The van der Waals surface area contributed by atoms with Crippen LogP contribution in [0.5, 0.6) is 5.75 Å². The fourth-order valence-electron chi connectivity index (χ4n) is 5.43. The van der Waals surface area contributed by atoms with Crippen molar-refractivity contribution in [2.75, 3.05) is 13.7 Å². The maximum absolute atomic E-state index is 14.0. The van der Waals surface area contributed by atoms with E-state index in [1.54, 1.807) is 12.1 Å². The number of nitrogens with two attached hydrogens (primary N) is 1. The van der Waals surface area contributed by atoms with Gasteiger partial charge in [0, 0.05) is 19.9 Å². The summed E-state index contributed by atoms with van der Waals surface area (Å²) in [6, 6.07) is 9.09. The molecule has 1 aliphatic rings. The van der Waals surface area contributed by atoms with Crippen LogP contribution in [0, 0.1) is 11.7 Å². The number of benzene rings is 2. The molecule has 0 heterocycles. The van der Waals surface area contributed by atoms with E-state index in [1.165, 1.54) is 43.4 Å². The van der Waals surface area contributed by atoms with E-state index >= 15 is 0 Å². The number of hydrogen-bond acceptors (Lipinski definition) is 7. The summed E-state index contributed by atoms with van der Waals surface area (Å²) in [5.74, 6) is -2.14. The number of hydrogen-bond donors (Lipinski definition) is 4. The maximum Gasteiger partial charge on any atom is 0.237 e. The van der Waals surface area contributed by atoms with E-state index in [-0.39, 0.29) is 25.0 Å². The second kappa shape index (κ2) is 14.8. The Morgan fingerprint density at radius 1 is 1.07 bits per heavy atom. The molecule has 222 valence electrons. The Morgan fingerprint density at radius 2 is 1.68 bits per heavy atom. The second-order valence-corrected chi connectivity index (χ2v) is 10.9. The lowest BCUT2D eigenvalue weighted by Crippen LogP contribution is -2.65. The Kier molecular flexibility index (Phi) is 11.5. The molecule has 5 N–H and O–H groups in total. The number of carbonyl (C=O) groups is 4. The molecule has 0 radical (unpaired) electrons. The fourth-order valence-corrected chi connectivity index (χ4v) is 5.43. The average molecular weight is 570 g/mol. The van der Waals surface area contributed by atoms with Crippen molar-refractivity contribution >= 4 is 23.9 Å². The fraction of sp³-hybridized carbons (Fsp3) is 0.484. The van der Waals surface area contributed by atoms with Crippen LogP contribution in [0.4, 0.5) is 4.39 Å². The number of nitrogens with one attached hydrogen (secondary N) is 1. The highest BCUT2D eigenvalue weighted by molar-refractivity contribution is 6.09. The third-order valence-electron chi connectivity index (χ3n) is 8.01. The number of ketones is 1. The van der Waals surface area contributed by atoms with Crippen LogP contribution >= 0.6 is 0 Å². The Morgan fingerprint density at radius 3 is 2.27 bits per heavy atom. The molecule has 0 aliphatic heterocycles. The number of carbonyl (C=O) groups excluding carboxylic acids is 4. The zero-order chi connectivity index (χ0) is 30.0. The molecule has 0 aromatic heterocycles. The highest BCUT2D eigenvalue weighted by Gasteiger charge is 2.48. The predicted molar refractivity (Wildman–Crippen MR) is 151 cm³/mol. The summed E-state index contributed by atoms with van der Waals surface area (Å²) in [5, 5.41) is 22.3. The summed E-state index contributed by atoms with van der Waals surface area (Å²) in [5.41, 5.74) is 5.25. The molecular formula is C31H40FN3O6. The molecule has 0 bridgehead atoms. The number of nitrogens with zero attached hydrogens (tertiary/aromatic N) is 1. The molecule has 9 nitrogen and oxygen atoms in total. The first-order chi connectivity index (χ1) is 19.6. The molecule has 2 aromatic carbocycles. The molecular weight excluding hydrogens is 529 g/mol. The molecule has 2 amide bonds. The van der Waals surface area contributed by atoms with E-state index in [1.807, 2.05) is 0 Å². The minimum Gasteiger partial charge on any atom is -0.508 e. The summed E-state index contributed by atoms with van der Waals surface area (Å²) in [7, 11) is 1.32. The standard InChI is InChI=1S/C31H40FN3O6/c1-35(28(39)16-11-21-7-12-24(32)13-8-21)31(20-37,18-23-9-14-25(38)15-10-23)29(40)27(19-36)34-30(41)26(33)17-22-5-3-2-4-6-22/h7-10,12-15,20,22,26-27,36,38H,2-6,11,16-19,33H2,1H3,(H,34,41)/t26-,27-,31-/m0/s1. The average Bonchev–Trinajstić information content (AvgIpc) is 2.99. The normalized spacial score (nSPS) is 16.7. The van der Waals surface area contributed by atoms with Crippen LogP contribution in [-0.2, 0) is 32.0 Å². The minimum atomic E-state index is -2.08. The Balaban J connectivity index is 1.83. The van der Waals surface area contributed by atoms with Crippen LogP contribution in [0.25, 0.3) is 0 Å². The summed E-state index contributed by atoms with van der Waals surface area (Å²) in [6.07, 6.45) is 5.99. The van der Waals surface area contributed by atoms with Gasteiger partial charge in [0.2, 0.25) is 11.8 Å². The van der Waals surface area contributed by atoms with Gasteiger partial charge in [-0.1, -0.05) is 56.4 Å². The number of aryl methyl sites for hydroxylation is 1. The molecule has 0 unspecified atom stereocenters. The van der Waals surface area contributed by atoms with E-state index < -0.39 is 47.6 Å². The number of aldehydes is 1. The van der Waals surface area contributed by atoms with Crippen LogP contribution in [0.2, 0.25) is 0 Å². The van der Waals surface area contributed by atoms with Crippen molar-refractivity contribution in [1.82, 2.24) is 10.2 Å². The number of rotatable bonds is 14. The highest BCUT2D eigenvalue weighted by Crippen LogP contribution is 2.27.